The van der Waals surface area contributed by atoms with Gasteiger partial charge >= 0.3 is 0 Å². The first kappa shape index (κ1) is 13.7. The van der Waals surface area contributed by atoms with Crippen LogP contribution in [0.3, 0.4) is 0 Å². The molecule has 0 radical (unpaired) electrons. The zero-order chi connectivity index (χ0) is 12.7. The third-order valence-corrected chi connectivity index (χ3v) is 2.61. The quantitative estimate of drug-likeness (QED) is 0.704. The van der Waals surface area contributed by atoms with Gasteiger partial charge in [-0.25, -0.2) is 4.98 Å². The van der Waals surface area contributed by atoms with E-state index in [0.717, 1.165) is 37.3 Å². The molecule has 0 aliphatic heterocycles. The maximum absolute atomic E-state index is 8.71. The molecule has 0 fully saturated rings. The average molecular weight is 238 g/mol. The van der Waals surface area contributed by atoms with Crippen molar-refractivity contribution >= 4 is 11.8 Å². The van der Waals surface area contributed by atoms with Crippen LogP contribution in [0.2, 0.25) is 0 Å². The molecule has 2 N–H and O–H groups in total. The van der Waals surface area contributed by atoms with E-state index in [9.17, 15) is 0 Å². The van der Waals surface area contributed by atoms with E-state index >= 15 is 0 Å². The van der Waals surface area contributed by atoms with Gasteiger partial charge in [0.2, 0.25) is 5.95 Å². The van der Waals surface area contributed by atoms with Crippen molar-refractivity contribution in [1.29, 1.82) is 0 Å². The Balaban J connectivity index is 2.55. The van der Waals surface area contributed by atoms with Crippen LogP contribution in [0, 0.1) is 6.92 Å². The van der Waals surface area contributed by atoms with E-state index in [1.807, 2.05) is 27.1 Å². The molecule has 0 atom stereocenters. The Morgan fingerprint density at radius 1 is 1.29 bits per heavy atom. The van der Waals surface area contributed by atoms with Gasteiger partial charge in [0.15, 0.2) is 0 Å². The van der Waals surface area contributed by atoms with Crippen molar-refractivity contribution in [3.05, 3.63) is 11.8 Å². The van der Waals surface area contributed by atoms with E-state index in [4.69, 9.17) is 5.11 Å². The Labute approximate surface area is 103 Å². The number of rotatable bonds is 7. The van der Waals surface area contributed by atoms with Gasteiger partial charge in [-0.15, -0.1) is 0 Å². The third-order valence-electron chi connectivity index (χ3n) is 2.61. The van der Waals surface area contributed by atoms with Crippen LogP contribution < -0.4 is 10.2 Å². The Kier molecular flexibility index (Phi) is 5.69. The highest BCUT2D eigenvalue weighted by atomic mass is 16.2. The van der Waals surface area contributed by atoms with Crippen molar-refractivity contribution < 1.29 is 5.11 Å². The molecule has 0 bridgehead atoms. The van der Waals surface area contributed by atoms with E-state index in [1.165, 1.54) is 0 Å². The molecule has 1 heterocycles. The minimum Gasteiger partial charge on any atom is -0.396 e. The lowest BCUT2D eigenvalue weighted by molar-refractivity contribution is 0.283. The van der Waals surface area contributed by atoms with E-state index in [2.05, 4.69) is 20.2 Å². The van der Waals surface area contributed by atoms with Crippen LogP contribution in [0.25, 0.3) is 0 Å². The van der Waals surface area contributed by atoms with E-state index in [-0.39, 0.29) is 6.61 Å². The van der Waals surface area contributed by atoms with Gasteiger partial charge < -0.3 is 15.3 Å². The van der Waals surface area contributed by atoms with Crippen LogP contribution in [0.5, 0.6) is 0 Å². The van der Waals surface area contributed by atoms with Crippen LogP contribution in [0.4, 0.5) is 11.8 Å². The zero-order valence-electron chi connectivity index (χ0n) is 10.9. The average Bonchev–Trinajstić information content (AvgIpc) is 2.33. The molecule has 1 aromatic rings. The van der Waals surface area contributed by atoms with Crippen LogP contribution in [-0.2, 0) is 0 Å². The molecule has 0 saturated carbocycles. The topological polar surface area (TPSA) is 61.3 Å². The molecule has 0 spiro atoms. The Morgan fingerprint density at radius 2 is 2.06 bits per heavy atom. The van der Waals surface area contributed by atoms with Crippen molar-refractivity contribution in [2.45, 2.75) is 26.2 Å². The second kappa shape index (κ2) is 7.06. The molecule has 1 aromatic heterocycles. The van der Waals surface area contributed by atoms with Gasteiger partial charge in [0.1, 0.15) is 5.82 Å². The van der Waals surface area contributed by atoms with Crippen molar-refractivity contribution in [3.63, 3.8) is 0 Å². The van der Waals surface area contributed by atoms with Gasteiger partial charge in [0.25, 0.3) is 0 Å². The number of hydrogen-bond acceptors (Lipinski definition) is 5. The fraction of sp³-hybridized carbons (Fsp3) is 0.667. The number of aliphatic hydroxyl groups is 1. The van der Waals surface area contributed by atoms with E-state index in [1.54, 1.807) is 0 Å². The number of anilines is 2. The first-order valence-electron chi connectivity index (χ1n) is 6.03. The molecule has 0 amide bonds. The number of unbranched alkanes of at least 4 members (excludes halogenated alkanes) is 2. The van der Waals surface area contributed by atoms with Crippen LogP contribution >= 0.6 is 0 Å². The molecule has 96 valence electrons. The molecule has 1 rings (SSSR count). The van der Waals surface area contributed by atoms with Gasteiger partial charge in [-0.05, 0) is 26.2 Å². The summed E-state index contributed by atoms with van der Waals surface area (Å²) in [5, 5.41) is 11.7. The van der Waals surface area contributed by atoms with Gasteiger partial charge in [-0.3, -0.25) is 0 Å². The molecule has 0 aliphatic rings. The van der Waals surface area contributed by atoms with Crippen molar-refractivity contribution in [2.24, 2.45) is 0 Å². The summed E-state index contributed by atoms with van der Waals surface area (Å²) >= 11 is 0. The Hall–Kier alpha value is -1.36. The molecule has 5 heteroatoms. The smallest absolute Gasteiger partial charge is 0.224 e. The Bertz CT molecular complexity index is 343. The molecular weight excluding hydrogens is 216 g/mol. The fourth-order valence-electron chi connectivity index (χ4n) is 1.61. The maximum atomic E-state index is 8.71. The number of nitrogens with one attached hydrogen (secondary N) is 1. The molecular formula is C12H22N4O. The van der Waals surface area contributed by atoms with Crippen LogP contribution in [0.15, 0.2) is 6.07 Å². The molecule has 0 unspecified atom stereocenters. The van der Waals surface area contributed by atoms with Crippen LogP contribution in [0.1, 0.15) is 25.0 Å². The minimum atomic E-state index is 0.278. The molecule has 5 nitrogen and oxygen atoms in total. The number of hydrogen-bond donors (Lipinski definition) is 2. The van der Waals surface area contributed by atoms with Crippen molar-refractivity contribution in [3.8, 4) is 0 Å². The lowest BCUT2D eigenvalue weighted by Crippen LogP contribution is -2.20. The second-order valence-corrected chi connectivity index (χ2v) is 4.15. The van der Waals surface area contributed by atoms with Gasteiger partial charge in [0, 0.05) is 39.0 Å². The van der Waals surface area contributed by atoms with Crippen LogP contribution in [-0.4, -0.2) is 42.3 Å². The SMILES string of the molecule is CNc1nc(C)cc(N(C)CCCCCO)n1. The first-order chi connectivity index (χ1) is 8.17. The highest BCUT2D eigenvalue weighted by Crippen LogP contribution is 2.13. The molecule has 0 aromatic carbocycles. The summed E-state index contributed by atoms with van der Waals surface area (Å²) in [4.78, 5) is 10.8. The number of aliphatic hydroxyl groups excluding tert-OH is 1. The first-order valence-corrected chi connectivity index (χ1v) is 6.03. The van der Waals surface area contributed by atoms with Crippen molar-refractivity contribution in [1.82, 2.24) is 9.97 Å². The zero-order valence-corrected chi connectivity index (χ0v) is 10.9. The van der Waals surface area contributed by atoms with E-state index in [0.29, 0.717) is 5.95 Å². The number of nitrogens with zero attached hydrogens (tertiary/aromatic N) is 3. The molecule has 17 heavy (non-hydrogen) atoms. The fourth-order valence-corrected chi connectivity index (χ4v) is 1.61. The normalized spacial score (nSPS) is 10.4. The van der Waals surface area contributed by atoms with Gasteiger partial charge in [0.05, 0.1) is 0 Å². The third kappa shape index (κ3) is 4.56. The highest BCUT2D eigenvalue weighted by molar-refractivity contribution is 5.43. The standard InChI is InChI=1S/C12H22N4O/c1-10-9-11(15-12(13-2)14-10)16(3)7-5-4-6-8-17/h9,17H,4-8H2,1-3H3,(H,13,14,15). The van der Waals surface area contributed by atoms with Crippen molar-refractivity contribution in [2.75, 3.05) is 37.5 Å². The van der Waals surface area contributed by atoms with Gasteiger partial charge in [-0.1, -0.05) is 0 Å². The Morgan fingerprint density at radius 3 is 2.71 bits per heavy atom. The van der Waals surface area contributed by atoms with E-state index < -0.39 is 0 Å². The summed E-state index contributed by atoms with van der Waals surface area (Å²) in [5.41, 5.74) is 0.960. The summed E-state index contributed by atoms with van der Waals surface area (Å²) in [6.07, 6.45) is 2.98. The van der Waals surface area contributed by atoms with Gasteiger partial charge in [-0.2, -0.15) is 4.98 Å². The number of aryl methyl sites for hydroxylation is 1. The molecule has 0 aliphatic carbocycles. The summed E-state index contributed by atoms with van der Waals surface area (Å²) in [6.45, 7) is 3.19. The minimum absolute atomic E-state index is 0.278. The summed E-state index contributed by atoms with van der Waals surface area (Å²) in [7, 11) is 3.85. The molecule has 0 saturated heterocycles. The predicted molar refractivity (Wildman–Crippen MR) is 70.5 cm³/mol. The lowest BCUT2D eigenvalue weighted by atomic mass is 10.2. The maximum Gasteiger partial charge on any atom is 0.224 e. The summed E-state index contributed by atoms with van der Waals surface area (Å²) < 4.78 is 0. The monoisotopic (exact) mass is 238 g/mol. The lowest BCUT2D eigenvalue weighted by Gasteiger charge is -2.18. The second-order valence-electron chi connectivity index (χ2n) is 4.15. The highest BCUT2D eigenvalue weighted by Gasteiger charge is 2.05. The summed E-state index contributed by atoms with van der Waals surface area (Å²) in [5.74, 6) is 1.59. The number of aromatic nitrogens is 2. The predicted octanol–water partition coefficient (Wildman–Crippen LogP) is 1.43. The largest absolute Gasteiger partial charge is 0.396 e. The summed E-state index contributed by atoms with van der Waals surface area (Å²) in [6, 6.07) is 1.98.